The quantitative estimate of drug-likeness (QED) is 0.689. The second-order valence-electron chi connectivity index (χ2n) is 3.17. The van der Waals surface area contributed by atoms with E-state index in [1.165, 1.54) is 12.1 Å². The van der Waals surface area contributed by atoms with Crippen LogP contribution in [0.3, 0.4) is 0 Å². The molecule has 13 heavy (non-hydrogen) atoms. The fraction of sp³-hybridized carbons (Fsp3) is 0.400. The molecule has 0 aliphatic rings. The molecule has 72 valence electrons. The summed E-state index contributed by atoms with van der Waals surface area (Å²) in [6.07, 6.45) is -0.231. The van der Waals surface area contributed by atoms with Gasteiger partial charge in [0.05, 0.1) is 6.10 Å². The minimum Gasteiger partial charge on any atom is -0.485 e. The van der Waals surface area contributed by atoms with E-state index in [4.69, 9.17) is 4.74 Å². The van der Waals surface area contributed by atoms with Crippen molar-refractivity contribution < 1.29 is 13.5 Å². The SMILES string of the molecule is Cc1ccc(F)c(OC(C)C)c1F. The first-order valence-corrected chi connectivity index (χ1v) is 4.13. The summed E-state index contributed by atoms with van der Waals surface area (Å²) >= 11 is 0. The monoisotopic (exact) mass is 186 g/mol. The molecular formula is C10H12F2O. The van der Waals surface area contributed by atoms with E-state index in [1.807, 2.05) is 0 Å². The van der Waals surface area contributed by atoms with Crippen LogP contribution in [0.2, 0.25) is 0 Å². The predicted octanol–water partition coefficient (Wildman–Crippen LogP) is 3.06. The largest absolute Gasteiger partial charge is 0.485 e. The van der Waals surface area contributed by atoms with E-state index < -0.39 is 11.6 Å². The molecule has 1 aromatic rings. The summed E-state index contributed by atoms with van der Waals surface area (Å²) in [5, 5.41) is 0. The van der Waals surface area contributed by atoms with Crippen LogP contribution in [0, 0.1) is 18.6 Å². The topological polar surface area (TPSA) is 9.23 Å². The highest BCUT2D eigenvalue weighted by atomic mass is 19.1. The molecule has 3 heteroatoms. The van der Waals surface area contributed by atoms with Crippen LogP contribution >= 0.6 is 0 Å². The molecular weight excluding hydrogens is 174 g/mol. The Hall–Kier alpha value is -1.12. The first kappa shape index (κ1) is 9.96. The van der Waals surface area contributed by atoms with E-state index >= 15 is 0 Å². The van der Waals surface area contributed by atoms with Gasteiger partial charge in [-0.2, -0.15) is 0 Å². The maximum Gasteiger partial charge on any atom is 0.191 e. The van der Waals surface area contributed by atoms with Crippen molar-refractivity contribution in [1.82, 2.24) is 0 Å². The second kappa shape index (κ2) is 3.73. The van der Waals surface area contributed by atoms with Crippen LogP contribution in [0.4, 0.5) is 8.78 Å². The third-order valence-electron chi connectivity index (χ3n) is 1.60. The Morgan fingerprint density at radius 3 is 2.38 bits per heavy atom. The summed E-state index contributed by atoms with van der Waals surface area (Å²) in [5.74, 6) is -1.56. The van der Waals surface area contributed by atoms with Gasteiger partial charge in [0.15, 0.2) is 17.4 Å². The minimum absolute atomic E-state index is 0.231. The summed E-state index contributed by atoms with van der Waals surface area (Å²) in [5.41, 5.74) is 0.386. The molecule has 1 rings (SSSR count). The van der Waals surface area contributed by atoms with Crippen molar-refractivity contribution in [3.8, 4) is 5.75 Å². The van der Waals surface area contributed by atoms with E-state index in [-0.39, 0.29) is 11.9 Å². The average molecular weight is 186 g/mol. The average Bonchev–Trinajstić information content (AvgIpc) is 2.05. The Labute approximate surface area is 76.3 Å². The van der Waals surface area contributed by atoms with Crippen molar-refractivity contribution in [3.05, 3.63) is 29.3 Å². The molecule has 0 amide bonds. The molecule has 1 nitrogen and oxygen atoms in total. The number of ether oxygens (including phenoxy) is 1. The summed E-state index contributed by atoms with van der Waals surface area (Å²) in [7, 11) is 0. The maximum atomic E-state index is 13.3. The fourth-order valence-corrected chi connectivity index (χ4v) is 0.975. The van der Waals surface area contributed by atoms with Crippen LogP contribution in [0.5, 0.6) is 5.75 Å². The number of benzene rings is 1. The molecule has 0 radical (unpaired) electrons. The van der Waals surface area contributed by atoms with Crippen LogP contribution in [-0.2, 0) is 0 Å². The summed E-state index contributed by atoms with van der Waals surface area (Å²) in [6.45, 7) is 5.02. The van der Waals surface area contributed by atoms with Crippen LogP contribution in [-0.4, -0.2) is 6.10 Å². The first-order valence-electron chi connectivity index (χ1n) is 4.13. The van der Waals surface area contributed by atoms with E-state index in [1.54, 1.807) is 20.8 Å². The van der Waals surface area contributed by atoms with Gasteiger partial charge in [0.25, 0.3) is 0 Å². The molecule has 0 atom stereocenters. The molecule has 0 saturated heterocycles. The van der Waals surface area contributed by atoms with Crippen LogP contribution in [0.1, 0.15) is 19.4 Å². The summed E-state index contributed by atoms with van der Waals surface area (Å²) < 4.78 is 31.3. The highest BCUT2D eigenvalue weighted by molar-refractivity contribution is 5.32. The van der Waals surface area contributed by atoms with Crippen molar-refractivity contribution in [1.29, 1.82) is 0 Å². The Balaban J connectivity index is 3.10. The Kier molecular flexibility index (Phi) is 2.86. The van der Waals surface area contributed by atoms with E-state index in [0.717, 1.165) is 0 Å². The number of hydrogen-bond acceptors (Lipinski definition) is 1. The van der Waals surface area contributed by atoms with Crippen molar-refractivity contribution in [3.63, 3.8) is 0 Å². The maximum absolute atomic E-state index is 13.3. The minimum atomic E-state index is -0.656. The highest BCUT2D eigenvalue weighted by Gasteiger charge is 2.13. The zero-order valence-electron chi connectivity index (χ0n) is 7.90. The van der Waals surface area contributed by atoms with Gasteiger partial charge in [-0.1, -0.05) is 6.07 Å². The van der Waals surface area contributed by atoms with Crippen LogP contribution < -0.4 is 4.74 Å². The van der Waals surface area contributed by atoms with Gasteiger partial charge in [-0.3, -0.25) is 0 Å². The molecule has 0 aromatic heterocycles. The molecule has 0 aliphatic heterocycles. The molecule has 0 spiro atoms. The van der Waals surface area contributed by atoms with Crippen molar-refractivity contribution in [2.24, 2.45) is 0 Å². The van der Waals surface area contributed by atoms with Crippen molar-refractivity contribution >= 4 is 0 Å². The zero-order chi connectivity index (χ0) is 10.0. The lowest BCUT2D eigenvalue weighted by atomic mass is 10.2. The van der Waals surface area contributed by atoms with Crippen molar-refractivity contribution in [2.45, 2.75) is 26.9 Å². The fourth-order valence-electron chi connectivity index (χ4n) is 0.975. The normalized spacial score (nSPS) is 10.6. The highest BCUT2D eigenvalue weighted by Crippen LogP contribution is 2.24. The lowest BCUT2D eigenvalue weighted by Crippen LogP contribution is -2.09. The molecule has 0 aliphatic carbocycles. The third-order valence-corrected chi connectivity index (χ3v) is 1.60. The van der Waals surface area contributed by atoms with Gasteiger partial charge in [0, 0.05) is 0 Å². The Bertz CT molecular complexity index is 308. The van der Waals surface area contributed by atoms with Crippen LogP contribution in [0.15, 0.2) is 12.1 Å². The van der Waals surface area contributed by atoms with Crippen molar-refractivity contribution in [2.75, 3.05) is 0 Å². The number of aryl methyl sites for hydroxylation is 1. The molecule has 0 N–H and O–H groups in total. The molecule has 0 bridgehead atoms. The Morgan fingerprint density at radius 1 is 1.23 bits per heavy atom. The van der Waals surface area contributed by atoms with Gasteiger partial charge in [-0.25, -0.2) is 8.78 Å². The zero-order valence-corrected chi connectivity index (χ0v) is 7.90. The molecule has 0 unspecified atom stereocenters. The summed E-state index contributed by atoms with van der Waals surface area (Å²) in [6, 6.07) is 2.59. The summed E-state index contributed by atoms with van der Waals surface area (Å²) in [4.78, 5) is 0. The Morgan fingerprint density at radius 2 is 1.85 bits per heavy atom. The van der Waals surface area contributed by atoms with E-state index in [2.05, 4.69) is 0 Å². The van der Waals surface area contributed by atoms with Gasteiger partial charge in [-0.05, 0) is 32.4 Å². The van der Waals surface area contributed by atoms with Gasteiger partial charge in [0.2, 0.25) is 0 Å². The lowest BCUT2D eigenvalue weighted by molar-refractivity contribution is 0.219. The molecule has 0 heterocycles. The van der Waals surface area contributed by atoms with Gasteiger partial charge >= 0.3 is 0 Å². The van der Waals surface area contributed by atoms with E-state index in [0.29, 0.717) is 5.56 Å². The molecule has 1 aromatic carbocycles. The number of hydrogen-bond donors (Lipinski definition) is 0. The molecule has 0 saturated carbocycles. The van der Waals surface area contributed by atoms with Gasteiger partial charge in [-0.15, -0.1) is 0 Å². The second-order valence-corrected chi connectivity index (χ2v) is 3.17. The molecule has 0 fully saturated rings. The smallest absolute Gasteiger partial charge is 0.191 e. The number of halogens is 2. The first-order chi connectivity index (χ1) is 6.02. The van der Waals surface area contributed by atoms with Gasteiger partial charge < -0.3 is 4.74 Å². The standard InChI is InChI=1S/C10H12F2O/c1-6(2)13-10-8(11)5-4-7(3)9(10)12/h4-6H,1-3H3. The van der Waals surface area contributed by atoms with E-state index in [9.17, 15) is 8.78 Å². The number of rotatable bonds is 2. The van der Waals surface area contributed by atoms with Gasteiger partial charge in [0.1, 0.15) is 0 Å². The third kappa shape index (κ3) is 2.17. The van der Waals surface area contributed by atoms with Crippen LogP contribution in [0.25, 0.3) is 0 Å². The predicted molar refractivity (Wildman–Crippen MR) is 46.9 cm³/mol. The lowest BCUT2D eigenvalue weighted by Gasteiger charge is -2.12.